The number of hydrogen-bond donors (Lipinski definition) is 0. The molecule has 0 fully saturated rings. The SMILES string of the molecule is O=C(CC1c2ccccc2-c2nc3ccccc3c(=O)n21)OCc1ccccc1. The molecule has 1 aromatic heterocycles. The van der Waals surface area contributed by atoms with Crippen molar-refractivity contribution >= 4 is 16.9 Å². The largest absolute Gasteiger partial charge is 0.461 e. The summed E-state index contributed by atoms with van der Waals surface area (Å²) in [6.07, 6.45) is 0.0801. The molecule has 0 saturated heterocycles. The lowest BCUT2D eigenvalue weighted by Gasteiger charge is -2.15. The third-order valence-corrected chi connectivity index (χ3v) is 5.28. The van der Waals surface area contributed by atoms with Gasteiger partial charge in [0.2, 0.25) is 0 Å². The van der Waals surface area contributed by atoms with Crippen LogP contribution in [0.2, 0.25) is 0 Å². The molecule has 5 rings (SSSR count). The fourth-order valence-corrected chi connectivity index (χ4v) is 3.91. The molecule has 1 aliphatic heterocycles. The maximum absolute atomic E-state index is 13.2. The van der Waals surface area contributed by atoms with Crippen molar-refractivity contribution in [2.75, 3.05) is 0 Å². The second-order valence-electron chi connectivity index (χ2n) is 7.08. The molecule has 0 aliphatic carbocycles. The fraction of sp³-hybridized carbons (Fsp3) is 0.125. The maximum Gasteiger partial charge on any atom is 0.308 e. The molecule has 0 bridgehead atoms. The van der Waals surface area contributed by atoms with Crippen LogP contribution in [0.3, 0.4) is 0 Å². The molecule has 0 amide bonds. The third kappa shape index (κ3) is 3.01. The van der Waals surface area contributed by atoms with Gasteiger partial charge in [-0.1, -0.05) is 66.7 Å². The predicted octanol–water partition coefficient (Wildman–Crippen LogP) is 4.10. The Labute approximate surface area is 167 Å². The first-order valence-corrected chi connectivity index (χ1v) is 9.52. The highest BCUT2D eigenvalue weighted by Crippen LogP contribution is 2.39. The van der Waals surface area contributed by atoms with Crippen LogP contribution >= 0.6 is 0 Å². The van der Waals surface area contributed by atoms with Gasteiger partial charge < -0.3 is 4.74 Å². The Bertz CT molecular complexity index is 1280. The van der Waals surface area contributed by atoms with Gasteiger partial charge in [0.1, 0.15) is 12.4 Å². The number of aromatic nitrogens is 2. The van der Waals surface area contributed by atoms with Crippen LogP contribution in [0.25, 0.3) is 22.3 Å². The van der Waals surface area contributed by atoms with Gasteiger partial charge in [0.25, 0.3) is 5.56 Å². The summed E-state index contributed by atoms with van der Waals surface area (Å²) in [5, 5.41) is 0.548. The summed E-state index contributed by atoms with van der Waals surface area (Å²) in [6, 6.07) is 24.1. The second-order valence-corrected chi connectivity index (χ2v) is 7.08. The lowest BCUT2D eigenvalue weighted by atomic mass is 10.0. The first-order valence-electron chi connectivity index (χ1n) is 9.52. The van der Waals surface area contributed by atoms with E-state index in [1.807, 2.05) is 72.8 Å². The minimum Gasteiger partial charge on any atom is -0.461 e. The first-order chi connectivity index (χ1) is 14.2. The lowest BCUT2D eigenvalue weighted by Crippen LogP contribution is -2.26. The number of benzene rings is 3. The normalized spacial score (nSPS) is 14.4. The van der Waals surface area contributed by atoms with Crippen molar-refractivity contribution in [1.82, 2.24) is 9.55 Å². The minimum atomic E-state index is -0.422. The Hall–Kier alpha value is -3.73. The van der Waals surface area contributed by atoms with Gasteiger partial charge in [-0.25, -0.2) is 4.98 Å². The Morgan fingerprint density at radius 1 is 0.931 bits per heavy atom. The maximum atomic E-state index is 13.2. The van der Waals surface area contributed by atoms with Crippen LogP contribution < -0.4 is 5.56 Å². The van der Waals surface area contributed by atoms with Crippen molar-refractivity contribution in [2.45, 2.75) is 19.1 Å². The van der Waals surface area contributed by atoms with E-state index in [1.54, 1.807) is 10.6 Å². The number of hydrogen-bond acceptors (Lipinski definition) is 4. The molecule has 0 N–H and O–H groups in total. The summed E-state index contributed by atoms with van der Waals surface area (Å²) in [4.78, 5) is 30.6. The Kier molecular flexibility index (Phi) is 4.21. The number of ether oxygens (including phenoxy) is 1. The van der Waals surface area contributed by atoms with Crippen LogP contribution in [0.4, 0.5) is 0 Å². The zero-order chi connectivity index (χ0) is 19.8. The molecule has 5 nitrogen and oxygen atoms in total. The van der Waals surface area contributed by atoms with Crippen LogP contribution in [0.1, 0.15) is 23.6 Å². The van der Waals surface area contributed by atoms with Gasteiger partial charge in [-0.2, -0.15) is 0 Å². The molecule has 5 heteroatoms. The number of fused-ring (bicyclic) bond motifs is 4. The number of carbonyl (C=O) groups is 1. The van der Waals surface area contributed by atoms with E-state index in [2.05, 4.69) is 0 Å². The van der Waals surface area contributed by atoms with E-state index in [0.29, 0.717) is 16.7 Å². The lowest BCUT2D eigenvalue weighted by molar-refractivity contribution is -0.145. The zero-order valence-electron chi connectivity index (χ0n) is 15.6. The van der Waals surface area contributed by atoms with Crippen LogP contribution in [0, 0.1) is 0 Å². The topological polar surface area (TPSA) is 61.2 Å². The number of esters is 1. The quantitative estimate of drug-likeness (QED) is 0.499. The Morgan fingerprint density at radius 2 is 1.66 bits per heavy atom. The number of nitrogens with zero attached hydrogens (tertiary/aromatic N) is 2. The van der Waals surface area contributed by atoms with Crippen molar-refractivity contribution in [2.24, 2.45) is 0 Å². The second kappa shape index (κ2) is 7.02. The Balaban J connectivity index is 1.51. The van der Waals surface area contributed by atoms with Gasteiger partial charge >= 0.3 is 5.97 Å². The van der Waals surface area contributed by atoms with Gasteiger partial charge in [0, 0.05) is 5.56 Å². The fourth-order valence-electron chi connectivity index (χ4n) is 3.91. The van der Waals surface area contributed by atoms with E-state index >= 15 is 0 Å². The van der Waals surface area contributed by atoms with Crippen LogP contribution in [0.15, 0.2) is 83.7 Å². The van der Waals surface area contributed by atoms with Crippen molar-refractivity contribution in [3.63, 3.8) is 0 Å². The molecule has 4 aromatic rings. The summed E-state index contributed by atoms with van der Waals surface area (Å²) in [5.41, 5.74) is 3.26. The van der Waals surface area contributed by atoms with Gasteiger partial charge in [0.05, 0.1) is 23.4 Å². The molecule has 1 unspecified atom stereocenters. The average Bonchev–Trinajstić information content (AvgIpc) is 3.07. The molecule has 29 heavy (non-hydrogen) atoms. The zero-order valence-corrected chi connectivity index (χ0v) is 15.6. The highest BCUT2D eigenvalue weighted by atomic mass is 16.5. The van der Waals surface area contributed by atoms with E-state index < -0.39 is 6.04 Å². The molecule has 142 valence electrons. The van der Waals surface area contributed by atoms with Crippen molar-refractivity contribution < 1.29 is 9.53 Å². The van der Waals surface area contributed by atoms with Crippen LogP contribution in [0.5, 0.6) is 0 Å². The highest BCUT2D eigenvalue weighted by molar-refractivity contribution is 5.82. The van der Waals surface area contributed by atoms with Gasteiger partial charge in [-0.3, -0.25) is 14.2 Å². The molecule has 0 spiro atoms. The van der Waals surface area contributed by atoms with Gasteiger partial charge in [0.15, 0.2) is 0 Å². The van der Waals surface area contributed by atoms with Crippen LogP contribution in [-0.2, 0) is 16.1 Å². The molecular formula is C24H18N2O3. The van der Waals surface area contributed by atoms with Gasteiger partial charge in [-0.05, 0) is 23.3 Å². The summed E-state index contributed by atoms with van der Waals surface area (Å²) in [7, 11) is 0. The first kappa shape index (κ1) is 17.4. The van der Waals surface area contributed by atoms with E-state index in [1.165, 1.54) is 0 Å². The summed E-state index contributed by atoms with van der Waals surface area (Å²) in [6.45, 7) is 0.214. The van der Waals surface area contributed by atoms with Gasteiger partial charge in [-0.15, -0.1) is 0 Å². The monoisotopic (exact) mass is 382 g/mol. The third-order valence-electron chi connectivity index (χ3n) is 5.28. The highest BCUT2D eigenvalue weighted by Gasteiger charge is 2.33. The van der Waals surface area contributed by atoms with Crippen molar-refractivity contribution in [1.29, 1.82) is 0 Å². The minimum absolute atomic E-state index is 0.0801. The number of para-hydroxylation sites is 1. The standard InChI is InChI=1S/C24H18N2O3/c27-22(29-15-16-8-2-1-3-9-16)14-21-17-10-4-5-11-18(17)23-25-20-13-7-6-12-19(20)24(28)26(21)23/h1-13,21H,14-15H2. The molecule has 0 saturated carbocycles. The van der Waals surface area contributed by atoms with Crippen LogP contribution in [-0.4, -0.2) is 15.5 Å². The molecular weight excluding hydrogens is 364 g/mol. The van der Waals surface area contributed by atoms with Crippen molar-refractivity contribution in [3.8, 4) is 11.4 Å². The molecule has 0 radical (unpaired) electrons. The smallest absolute Gasteiger partial charge is 0.308 e. The molecule has 1 aliphatic rings. The number of carbonyl (C=O) groups excluding carboxylic acids is 1. The average molecular weight is 382 g/mol. The van der Waals surface area contributed by atoms with E-state index in [0.717, 1.165) is 16.7 Å². The summed E-state index contributed by atoms with van der Waals surface area (Å²) >= 11 is 0. The molecule has 2 heterocycles. The molecule has 1 atom stereocenters. The molecule has 3 aromatic carbocycles. The van der Waals surface area contributed by atoms with E-state index in [9.17, 15) is 9.59 Å². The predicted molar refractivity (Wildman–Crippen MR) is 110 cm³/mol. The number of rotatable bonds is 4. The van der Waals surface area contributed by atoms with E-state index in [4.69, 9.17) is 9.72 Å². The van der Waals surface area contributed by atoms with Crippen molar-refractivity contribution in [3.05, 3.63) is 100 Å². The summed E-state index contributed by atoms with van der Waals surface area (Å²) < 4.78 is 7.11. The summed E-state index contributed by atoms with van der Waals surface area (Å²) in [5.74, 6) is 0.256. The Morgan fingerprint density at radius 3 is 2.52 bits per heavy atom. The van der Waals surface area contributed by atoms with E-state index in [-0.39, 0.29) is 24.6 Å².